The molecule has 0 N–H and O–H groups in total. The lowest BCUT2D eigenvalue weighted by molar-refractivity contribution is 0.0660. The van der Waals surface area contributed by atoms with Gasteiger partial charge in [-0.2, -0.15) is 10.1 Å². The van der Waals surface area contributed by atoms with Crippen LogP contribution in [0, 0.1) is 0 Å². The van der Waals surface area contributed by atoms with Crippen molar-refractivity contribution in [2.45, 2.75) is 0 Å². The number of rotatable bonds is 2. The largest absolute Gasteiger partial charge is 0.282 e. The first-order valence-electron chi connectivity index (χ1n) is 7.25. The third-order valence-electron chi connectivity index (χ3n) is 3.87. The van der Waals surface area contributed by atoms with Gasteiger partial charge in [-0.05, 0) is 34.5 Å². The predicted octanol–water partition coefficient (Wildman–Crippen LogP) is 3.47. The molecular formula is C19H12N2O2. The summed E-state index contributed by atoms with van der Waals surface area (Å²) in [5.74, 6) is -0.773. The van der Waals surface area contributed by atoms with Gasteiger partial charge >= 0.3 is 0 Å². The predicted molar refractivity (Wildman–Crippen MR) is 88.5 cm³/mol. The zero-order valence-electron chi connectivity index (χ0n) is 12.1. The number of fused-ring (bicyclic) bond motifs is 2. The minimum absolute atomic E-state index is 0.386. The Balaban J connectivity index is 1.66. The van der Waals surface area contributed by atoms with E-state index in [0.29, 0.717) is 11.1 Å². The summed E-state index contributed by atoms with van der Waals surface area (Å²) in [7, 11) is 0. The van der Waals surface area contributed by atoms with E-state index in [4.69, 9.17) is 0 Å². The Kier molecular flexibility index (Phi) is 3.01. The van der Waals surface area contributed by atoms with Crippen molar-refractivity contribution in [2.75, 3.05) is 0 Å². The second-order valence-electron chi connectivity index (χ2n) is 5.32. The molecule has 1 aliphatic rings. The fourth-order valence-electron chi connectivity index (χ4n) is 2.69. The highest BCUT2D eigenvalue weighted by Crippen LogP contribution is 2.22. The number of carbonyl (C=O) groups excluding carboxylic acids is 2. The molecule has 0 aromatic heterocycles. The molecule has 0 saturated heterocycles. The summed E-state index contributed by atoms with van der Waals surface area (Å²) >= 11 is 0. The van der Waals surface area contributed by atoms with Crippen molar-refractivity contribution in [3.8, 4) is 0 Å². The molecule has 0 aliphatic carbocycles. The molecule has 0 spiro atoms. The number of hydrogen-bond acceptors (Lipinski definition) is 3. The lowest BCUT2D eigenvalue weighted by Gasteiger charge is -2.05. The van der Waals surface area contributed by atoms with Crippen molar-refractivity contribution >= 4 is 28.8 Å². The molecule has 2 amide bonds. The van der Waals surface area contributed by atoms with Crippen LogP contribution in [-0.4, -0.2) is 23.0 Å². The van der Waals surface area contributed by atoms with Gasteiger partial charge in [-0.1, -0.05) is 48.5 Å². The van der Waals surface area contributed by atoms with Gasteiger partial charge in [0.2, 0.25) is 0 Å². The molecule has 0 radical (unpaired) electrons. The molecule has 110 valence electrons. The van der Waals surface area contributed by atoms with Gasteiger partial charge in [0.25, 0.3) is 11.8 Å². The van der Waals surface area contributed by atoms with Crippen molar-refractivity contribution in [1.82, 2.24) is 5.01 Å². The maximum atomic E-state index is 12.2. The first-order chi connectivity index (χ1) is 11.2. The van der Waals surface area contributed by atoms with Crippen LogP contribution < -0.4 is 0 Å². The zero-order valence-corrected chi connectivity index (χ0v) is 12.1. The van der Waals surface area contributed by atoms with Crippen molar-refractivity contribution in [3.05, 3.63) is 83.4 Å². The van der Waals surface area contributed by atoms with Crippen molar-refractivity contribution < 1.29 is 9.59 Å². The first-order valence-corrected chi connectivity index (χ1v) is 7.25. The molecule has 0 bridgehead atoms. The van der Waals surface area contributed by atoms with E-state index in [0.717, 1.165) is 21.3 Å². The van der Waals surface area contributed by atoms with Crippen LogP contribution in [0.15, 0.2) is 71.8 Å². The van der Waals surface area contributed by atoms with E-state index in [1.54, 1.807) is 24.3 Å². The zero-order chi connectivity index (χ0) is 15.8. The highest BCUT2D eigenvalue weighted by atomic mass is 16.2. The second kappa shape index (κ2) is 5.18. The average Bonchev–Trinajstić information content (AvgIpc) is 2.84. The van der Waals surface area contributed by atoms with E-state index < -0.39 is 0 Å². The fraction of sp³-hybridized carbons (Fsp3) is 0. The Morgan fingerprint density at radius 1 is 0.739 bits per heavy atom. The highest BCUT2D eigenvalue weighted by molar-refractivity contribution is 6.21. The van der Waals surface area contributed by atoms with Gasteiger partial charge in [-0.25, -0.2) is 0 Å². The summed E-state index contributed by atoms with van der Waals surface area (Å²) in [4.78, 5) is 24.5. The van der Waals surface area contributed by atoms with Gasteiger partial charge in [-0.3, -0.25) is 9.59 Å². The summed E-state index contributed by atoms with van der Waals surface area (Å²) in [5, 5.41) is 7.21. The van der Waals surface area contributed by atoms with Crippen LogP contribution in [0.3, 0.4) is 0 Å². The number of benzene rings is 3. The van der Waals surface area contributed by atoms with Crippen molar-refractivity contribution in [1.29, 1.82) is 0 Å². The van der Waals surface area contributed by atoms with Crippen LogP contribution in [0.25, 0.3) is 10.8 Å². The quantitative estimate of drug-likeness (QED) is 0.537. The highest BCUT2D eigenvalue weighted by Gasteiger charge is 2.35. The molecule has 0 unspecified atom stereocenters. The van der Waals surface area contributed by atoms with Gasteiger partial charge in [0.15, 0.2) is 0 Å². The van der Waals surface area contributed by atoms with E-state index in [9.17, 15) is 9.59 Å². The van der Waals surface area contributed by atoms with E-state index in [1.165, 1.54) is 6.21 Å². The number of hydrogen-bond donors (Lipinski definition) is 0. The molecule has 3 aromatic carbocycles. The number of hydrazone groups is 1. The van der Waals surface area contributed by atoms with Crippen LogP contribution in [0.2, 0.25) is 0 Å². The lowest BCUT2D eigenvalue weighted by Crippen LogP contribution is -2.23. The fourth-order valence-corrected chi connectivity index (χ4v) is 2.69. The maximum Gasteiger partial charge on any atom is 0.282 e. The summed E-state index contributed by atoms with van der Waals surface area (Å²) in [6.07, 6.45) is 1.54. The Hall–Kier alpha value is -3.27. The molecule has 1 heterocycles. The normalized spacial score (nSPS) is 14.0. The maximum absolute atomic E-state index is 12.2. The SMILES string of the molecule is O=C1c2ccccc2C(=O)N1/N=C/c1ccc2ccccc2c1. The average molecular weight is 300 g/mol. The molecule has 3 aromatic rings. The van der Waals surface area contributed by atoms with Gasteiger partial charge < -0.3 is 0 Å². The van der Waals surface area contributed by atoms with Crippen molar-refractivity contribution in [2.24, 2.45) is 5.10 Å². The molecule has 4 rings (SSSR count). The molecular weight excluding hydrogens is 288 g/mol. The third-order valence-corrected chi connectivity index (χ3v) is 3.87. The molecule has 0 saturated carbocycles. The number of carbonyl (C=O) groups is 2. The molecule has 4 heteroatoms. The van der Waals surface area contributed by atoms with Gasteiger partial charge in [0, 0.05) is 0 Å². The number of nitrogens with zero attached hydrogens (tertiary/aromatic N) is 2. The Morgan fingerprint density at radius 3 is 2.04 bits per heavy atom. The Bertz CT molecular complexity index is 941. The molecule has 4 nitrogen and oxygen atoms in total. The van der Waals surface area contributed by atoms with Crippen LogP contribution in [0.4, 0.5) is 0 Å². The summed E-state index contributed by atoms with van der Waals surface area (Å²) in [6.45, 7) is 0. The topological polar surface area (TPSA) is 49.7 Å². The van der Waals surface area contributed by atoms with Crippen LogP contribution in [0.5, 0.6) is 0 Å². The van der Waals surface area contributed by atoms with Crippen LogP contribution in [0.1, 0.15) is 26.3 Å². The summed E-state index contributed by atoms with van der Waals surface area (Å²) < 4.78 is 0. The lowest BCUT2D eigenvalue weighted by atomic mass is 10.1. The smallest absolute Gasteiger partial charge is 0.267 e. The number of amides is 2. The first kappa shape index (κ1) is 13.4. The van der Waals surface area contributed by atoms with Gasteiger partial charge in [0.1, 0.15) is 0 Å². The Morgan fingerprint density at radius 2 is 1.35 bits per heavy atom. The molecule has 0 fully saturated rings. The van der Waals surface area contributed by atoms with E-state index in [-0.39, 0.29) is 11.8 Å². The van der Waals surface area contributed by atoms with Gasteiger partial charge in [-0.15, -0.1) is 0 Å². The minimum Gasteiger partial charge on any atom is -0.267 e. The third kappa shape index (κ3) is 2.21. The molecule has 1 aliphatic heterocycles. The standard InChI is InChI=1S/C19H12N2O2/c22-18-16-7-3-4-8-17(16)19(23)21(18)20-12-13-9-10-14-5-1-2-6-15(14)11-13/h1-12H/b20-12+. The van der Waals surface area contributed by atoms with Crippen LogP contribution >= 0.6 is 0 Å². The van der Waals surface area contributed by atoms with E-state index in [2.05, 4.69) is 5.10 Å². The van der Waals surface area contributed by atoms with Gasteiger partial charge in [0.05, 0.1) is 17.3 Å². The Labute approximate surface area is 132 Å². The summed E-state index contributed by atoms with van der Waals surface area (Å²) in [5.41, 5.74) is 1.63. The second-order valence-corrected chi connectivity index (χ2v) is 5.32. The number of imide groups is 1. The molecule has 0 atom stereocenters. The molecule has 23 heavy (non-hydrogen) atoms. The van der Waals surface area contributed by atoms with Crippen LogP contribution in [-0.2, 0) is 0 Å². The van der Waals surface area contributed by atoms with Crippen molar-refractivity contribution in [3.63, 3.8) is 0 Å². The minimum atomic E-state index is -0.386. The van der Waals surface area contributed by atoms with E-state index in [1.807, 2.05) is 42.5 Å². The summed E-state index contributed by atoms with van der Waals surface area (Å²) in [6, 6.07) is 20.6. The van der Waals surface area contributed by atoms with E-state index >= 15 is 0 Å². The monoisotopic (exact) mass is 300 g/mol.